The molecule has 0 radical (unpaired) electrons. The second-order valence-corrected chi connectivity index (χ2v) is 6.83. The summed E-state index contributed by atoms with van der Waals surface area (Å²) in [7, 11) is 0. The smallest absolute Gasteiger partial charge is 0.138 e. The summed E-state index contributed by atoms with van der Waals surface area (Å²) in [6.45, 7) is 4.40. The lowest BCUT2D eigenvalue weighted by atomic mass is 9.92. The number of benzene rings is 1. The van der Waals surface area contributed by atoms with Crippen LogP contribution in [0.15, 0.2) is 30.6 Å². The molecule has 3 nitrogen and oxygen atoms in total. The lowest BCUT2D eigenvalue weighted by Gasteiger charge is -2.31. The van der Waals surface area contributed by atoms with Crippen molar-refractivity contribution in [1.82, 2.24) is 10.3 Å². The van der Waals surface area contributed by atoms with Gasteiger partial charge in [-0.05, 0) is 49.3 Å². The molecule has 1 aromatic carbocycles. The zero-order valence-corrected chi connectivity index (χ0v) is 13.9. The highest BCUT2D eigenvalue weighted by molar-refractivity contribution is 6.32. The first kappa shape index (κ1) is 15.6. The summed E-state index contributed by atoms with van der Waals surface area (Å²) < 4.78 is 6.17. The average Bonchev–Trinajstić information content (AvgIpc) is 2.49. The number of pyridine rings is 1. The van der Waals surface area contributed by atoms with Gasteiger partial charge >= 0.3 is 0 Å². The maximum atomic E-state index is 6.35. The molecule has 1 saturated carbocycles. The number of aromatic nitrogens is 1. The maximum absolute atomic E-state index is 6.35. The van der Waals surface area contributed by atoms with E-state index in [1.807, 2.05) is 24.4 Å². The third-order valence-corrected chi connectivity index (χ3v) is 4.52. The van der Waals surface area contributed by atoms with Gasteiger partial charge in [-0.3, -0.25) is 4.98 Å². The van der Waals surface area contributed by atoms with Crippen LogP contribution in [0.25, 0.3) is 10.8 Å². The highest BCUT2D eigenvalue weighted by Crippen LogP contribution is 2.32. The summed E-state index contributed by atoms with van der Waals surface area (Å²) in [4.78, 5) is 4.12. The fraction of sp³-hybridized carbons (Fsp3) is 0.500. The molecule has 4 heteroatoms. The number of halogens is 1. The minimum Gasteiger partial charge on any atom is -0.489 e. The zero-order valence-electron chi connectivity index (χ0n) is 13.2. The van der Waals surface area contributed by atoms with Crippen molar-refractivity contribution < 1.29 is 4.74 Å². The van der Waals surface area contributed by atoms with E-state index in [0.717, 1.165) is 42.2 Å². The summed E-state index contributed by atoms with van der Waals surface area (Å²) >= 11 is 6.35. The molecule has 0 spiro atoms. The van der Waals surface area contributed by atoms with Crippen molar-refractivity contribution in [1.29, 1.82) is 0 Å². The van der Waals surface area contributed by atoms with E-state index >= 15 is 0 Å². The molecule has 0 atom stereocenters. The van der Waals surface area contributed by atoms with Gasteiger partial charge in [-0.15, -0.1) is 0 Å². The Hall–Kier alpha value is -1.32. The Morgan fingerprint density at radius 2 is 1.95 bits per heavy atom. The number of ether oxygens (including phenoxy) is 1. The van der Waals surface area contributed by atoms with Gasteiger partial charge < -0.3 is 10.1 Å². The molecule has 0 saturated heterocycles. The predicted molar refractivity (Wildman–Crippen MR) is 91.7 cm³/mol. The van der Waals surface area contributed by atoms with Gasteiger partial charge in [-0.2, -0.15) is 0 Å². The van der Waals surface area contributed by atoms with E-state index < -0.39 is 0 Å². The monoisotopic (exact) mass is 318 g/mol. The number of rotatable bonds is 4. The van der Waals surface area contributed by atoms with Crippen molar-refractivity contribution >= 4 is 22.4 Å². The van der Waals surface area contributed by atoms with Gasteiger partial charge in [-0.1, -0.05) is 25.4 Å². The van der Waals surface area contributed by atoms with Crippen molar-refractivity contribution in [2.24, 2.45) is 0 Å². The molecule has 2 aromatic rings. The zero-order chi connectivity index (χ0) is 15.5. The summed E-state index contributed by atoms with van der Waals surface area (Å²) in [5.41, 5.74) is 0. The van der Waals surface area contributed by atoms with Crippen LogP contribution < -0.4 is 10.1 Å². The molecule has 118 valence electrons. The molecule has 1 aliphatic carbocycles. The highest BCUT2D eigenvalue weighted by Gasteiger charge is 2.23. The molecule has 0 bridgehead atoms. The lowest BCUT2D eigenvalue weighted by molar-refractivity contribution is 0.138. The van der Waals surface area contributed by atoms with Crippen molar-refractivity contribution in [3.05, 3.63) is 35.6 Å². The third-order valence-electron chi connectivity index (χ3n) is 4.23. The fourth-order valence-electron chi connectivity index (χ4n) is 3.18. The Bertz CT molecular complexity index is 636. The maximum Gasteiger partial charge on any atom is 0.138 e. The first-order chi connectivity index (χ1) is 10.6. The molecular formula is C18H23ClN2O. The standard InChI is InChI=1S/C18H23ClN2O/c1-12(2)21-15-3-5-16(6-4-15)22-18-10-13-7-8-20-11-14(13)9-17(18)19/h7-12,15-16,21H,3-6H2,1-2H3/t15-,16+. The van der Waals surface area contributed by atoms with E-state index in [-0.39, 0.29) is 6.10 Å². The van der Waals surface area contributed by atoms with Crippen LogP contribution in [0.4, 0.5) is 0 Å². The van der Waals surface area contributed by atoms with Crippen molar-refractivity contribution in [2.45, 2.75) is 57.7 Å². The van der Waals surface area contributed by atoms with Crippen molar-refractivity contribution in [3.8, 4) is 5.75 Å². The minimum atomic E-state index is 0.266. The molecule has 0 unspecified atom stereocenters. The number of hydrogen-bond acceptors (Lipinski definition) is 3. The summed E-state index contributed by atoms with van der Waals surface area (Å²) in [5.74, 6) is 0.792. The van der Waals surface area contributed by atoms with E-state index in [1.54, 1.807) is 6.20 Å². The third kappa shape index (κ3) is 3.71. The molecule has 0 amide bonds. The van der Waals surface area contributed by atoms with Crippen molar-refractivity contribution in [3.63, 3.8) is 0 Å². The quantitative estimate of drug-likeness (QED) is 0.896. The number of nitrogens with zero attached hydrogens (tertiary/aromatic N) is 1. The fourth-order valence-corrected chi connectivity index (χ4v) is 3.39. The number of fused-ring (bicyclic) bond motifs is 1. The SMILES string of the molecule is CC(C)N[C@H]1CC[C@@H](Oc2cc3ccncc3cc2Cl)CC1. The molecule has 1 heterocycles. The van der Waals surface area contributed by atoms with Crippen LogP contribution in [0.5, 0.6) is 5.75 Å². The van der Waals surface area contributed by atoms with Crippen LogP contribution >= 0.6 is 11.6 Å². The highest BCUT2D eigenvalue weighted by atomic mass is 35.5. The van der Waals surface area contributed by atoms with Gasteiger partial charge in [-0.25, -0.2) is 0 Å². The minimum absolute atomic E-state index is 0.266. The molecular weight excluding hydrogens is 296 g/mol. The van der Waals surface area contributed by atoms with Gasteiger partial charge in [0.25, 0.3) is 0 Å². The van der Waals surface area contributed by atoms with E-state index in [0.29, 0.717) is 17.1 Å². The average molecular weight is 319 g/mol. The van der Waals surface area contributed by atoms with E-state index in [2.05, 4.69) is 24.1 Å². The lowest BCUT2D eigenvalue weighted by Crippen LogP contribution is -2.39. The first-order valence-corrected chi connectivity index (χ1v) is 8.45. The largest absolute Gasteiger partial charge is 0.489 e. The molecule has 1 aromatic heterocycles. The van der Waals surface area contributed by atoms with Gasteiger partial charge in [0.1, 0.15) is 5.75 Å². The first-order valence-electron chi connectivity index (χ1n) is 8.08. The Morgan fingerprint density at radius 3 is 2.68 bits per heavy atom. The summed E-state index contributed by atoms with van der Waals surface area (Å²) in [6.07, 6.45) is 8.37. The normalized spacial score (nSPS) is 22.2. The number of hydrogen-bond donors (Lipinski definition) is 1. The van der Waals surface area contributed by atoms with Gasteiger partial charge in [0.05, 0.1) is 11.1 Å². The molecule has 1 N–H and O–H groups in total. The number of nitrogens with one attached hydrogen (secondary N) is 1. The van der Waals surface area contributed by atoms with Crippen molar-refractivity contribution in [2.75, 3.05) is 0 Å². The molecule has 22 heavy (non-hydrogen) atoms. The van der Waals surface area contributed by atoms with Crippen LogP contribution in [0, 0.1) is 0 Å². The molecule has 0 aliphatic heterocycles. The van der Waals surface area contributed by atoms with E-state index in [9.17, 15) is 0 Å². The predicted octanol–water partition coefficient (Wildman–Crippen LogP) is 4.58. The molecule has 1 fully saturated rings. The van der Waals surface area contributed by atoms with Gasteiger partial charge in [0, 0.05) is 29.9 Å². The van der Waals surface area contributed by atoms with Gasteiger partial charge in [0.2, 0.25) is 0 Å². The Morgan fingerprint density at radius 1 is 1.18 bits per heavy atom. The second kappa shape index (κ2) is 6.84. The molecule has 1 aliphatic rings. The second-order valence-electron chi connectivity index (χ2n) is 6.42. The Balaban J connectivity index is 1.65. The summed E-state index contributed by atoms with van der Waals surface area (Å²) in [6, 6.07) is 7.12. The van der Waals surface area contributed by atoms with Gasteiger partial charge in [0.15, 0.2) is 0 Å². The van der Waals surface area contributed by atoms with E-state index in [1.165, 1.54) is 0 Å². The van der Waals surface area contributed by atoms with Crippen LogP contribution in [-0.4, -0.2) is 23.2 Å². The Kier molecular flexibility index (Phi) is 4.84. The molecule has 3 rings (SSSR count). The Labute approximate surface area is 137 Å². The van der Waals surface area contributed by atoms with Crippen LogP contribution in [0.1, 0.15) is 39.5 Å². The van der Waals surface area contributed by atoms with Crippen LogP contribution in [-0.2, 0) is 0 Å². The van der Waals surface area contributed by atoms with E-state index in [4.69, 9.17) is 16.3 Å². The van der Waals surface area contributed by atoms with Crippen LogP contribution in [0.3, 0.4) is 0 Å². The van der Waals surface area contributed by atoms with Crippen LogP contribution in [0.2, 0.25) is 5.02 Å². The topological polar surface area (TPSA) is 34.1 Å². The summed E-state index contributed by atoms with van der Waals surface area (Å²) in [5, 5.41) is 6.44.